The zero-order valence-corrected chi connectivity index (χ0v) is 13.2. The Labute approximate surface area is 143 Å². The lowest BCUT2D eigenvalue weighted by Crippen LogP contribution is -2.53. The van der Waals surface area contributed by atoms with Crippen LogP contribution < -0.4 is 25.1 Å². The Kier molecular flexibility index (Phi) is 3.89. The number of para-hydroxylation sites is 3. The highest BCUT2D eigenvalue weighted by Crippen LogP contribution is 2.31. The molecule has 2 aliphatic heterocycles. The summed E-state index contributed by atoms with van der Waals surface area (Å²) in [5.74, 6) is 0.872. The van der Waals surface area contributed by atoms with Crippen molar-refractivity contribution in [3.8, 4) is 17.2 Å². The Morgan fingerprint density at radius 2 is 1.40 bits per heavy atom. The van der Waals surface area contributed by atoms with Gasteiger partial charge in [-0.1, -0.05) is 30.3 Å². The van der Waals surface area contributed by atoms with Gasteiger partial charge in [0.15, 0.2) is 17.6 Å². The zero-order chi connectivity index (χ0) is 17.2. The maximum atomic E-state index is 12.2. The van der Waals surface area contributed by atoms with Gasteiger partial charge in [-0.15, -0.1) is 0 Å². The fourth-order valence-electron chi connectivity index (χ4n) is 2.76. The van der Waals surface area contributed by atoms with E-state index in [0.29, 0.717) is 23.7 Å². The number of hydrogen-bond acceptors (Lipinski definition) is 5. The first-order valence-corrected chi connectivity index (χ1v) is 7.93. The van der Waals surface area contributed by atoms with Crippen LogP contribution in [0.15, 0.2) is 48.5 Å². The molecule has 0 bridgehead atoms. The fourth-order valence-corrected chi connectivity index (χ4v) is 2.76. The second-order valence-corrected chi connectivity index (χ2v) is 5.76. The third kappa shape index (κ3) is 3.08. The van der Waals surface area contributed by atoms with Crippen molar-refractivity contribution in [2.45, 2.75) is 18.6 Å². The Balaban J connectivity index is 1.30. The molecule has 0 radical (unpaired) electrons. The van der Waals surface area contributed by atoms with Crippen molar-refractivity contribution >= 4 is 11.8 Å². The molecule has 2 N–H and O–H groups in total. The van der Waals surface area contributed by atoms with E-state index >= 15 is 0 Å². The molecule has 0 spiro atoms. The van der Waals surface area contributed by atoms with Crippen LogP contribution in [-0.4, -0.2) is 30.6 Å². The third-order valence-electron chi connectivity index (χ3n) is 4.05. The second-order valence-electron chi connectivity index (χ2n) is 5.76. The molecular weight excluding hydrogens is 324 g/mol. The maximum absolute atomic E-state index is 12.2. The van der Waals surface area contributed by atoms with Crippen molar-refractivity contribution in [1.82, 2.24) is 10.9 Å². The van der Waals surface area contributed by atoms with Crippen LogP contribution in [0.25, 0.3) is 0 Å². The van der Waals surface area contributed by atoms with Crippen molar-refractivity contribution in [2.75, 3.05) is 6.61 Å². The van der Waals surface area contributed by atoms with E-state index in [9.17, 15) is 9.59 Å². The van der Waals surface area contributed by atoms with Gasteiger partial charge in [-0.25, -0.2) is 0 Å². The lowest BCUT2D eigenvalue weighted by Gasteiger charge is -2.25. The number of hydrogen-bond donors (Lipinski definition) is 2. The molecule has 25 heavy (non-hydrogen) atoms. The number of amides is 2. The predicted octanol–water partition coefficient (Wildman–Crippen LogP) is 0.978. The molecular formula is C18H16N2O5. The molecule has 7 heteroatoms. The Hall–Kier alpha value is -3.22. The Morgan fingerprint density at radius 1 is 0.800 bits per heavy atom. The van der Waals surface area contributed by atoms with Crippen molar-refractivity contribution in [2.24, 2.45) is 0 Å². The maximum Gasteiger partial charge on any atom is 0.283 e. The van der Waals surface area contributed by atoms with E-state index in [-0.39, 0.29) is 6.61 Å². The number of benzene rings is 2. The quantitative estimate of drug-likeness (QED) is 0.796. The number of hydrazine groups is 1. The molecule has 2 aliphatic rings. The van der Waals surface area contributed by atoms with Crippen LogP contribution in [-0.2, 0) is 16.0 Å². The van der Waals surface area contributed by atoms with Crippen LogP contribution in [0.4, 0.5) is 0 Å². The van der Waals surface area contributed by atoms with Gasteiger partial charge in [-0.05, 0) is 23.8 Å². The first-order chi connectivity index (χ1) is 12.2. The van der Waals surface area contributed by atoms with E-state index in [1.807, 2.05) is 30.3 Å². The first kappa shape index (κ1) is 15.3. The Bertz CT molecular complexity index is 798. The van der Waals surface area contributed by atoms with Crippen LogP contribution in [0.3, 0.4) is 0 Å². The summed E-state index contributed by atoms with van der Waals surface area (Å²) in [6.07, 6.45) is -1.03. The average Bonchev–Trinajstić information content (AvgIpc) is 3.09. The topological polar surface area (TPSA) is 85.9 Å². The van der Waals surface area contributed by atoms with Gasteiger partial charge in [0.25, 0.3) is 11.8 Å². The highest BCUT2D eigenvalue weighted by atomic mass is 16.6. The third-order valence-corrected chi connectivity index (χ3v) is 4.05. The van der Waals surface area contributed by atoms with E-state index in [1.54, 1.807) is 18.2 Å². The van der Waals surface area contributed by atoms with Crippen molar-refractivity contribution in [1.29, 1.82) is 0 Å². The second kappa shape index (κ2) is 6.35. The van der Waals surface area contributed by atoms with Crippen LogP contribution >= 0.6 is 0 Å². The smallest absolute Gasteiger partial charge is 0.283 e. The molecule has 0 unspecified atom stereocenters. The summed E-state index contributed by atoms with van der Waals surface area (Å²) in [7, 11) is 0. The number of ether oxygens (including phenoxy) is 3. The summed E-state index contributed by atoms with van der Waals surface area (Å²) in [6, 6.07) is 14.6. The van der Waals surface area contributed by atoms with Gasteiger partial charge >= 0.3 is 0 Å². The average molecular weight is 340 g/mol. The highest BCUT2D eigenvalue weighted by molar-refractivity contribution is 5.87. The number of carbonyl (C=O) groups is 2. The fraction of sp³-hybridized carbons (Fsp3) is 0.222. The molecule has 0 aromatic heterocycles. The zero-order valence-electron chi connectivity index (χ0n) is 13.2. The number of fused-ring (bicyclic) bond motifs is 2. The molecule has 0 saturated carbocycles. The van der Waals surface area contributed by atoms with E-state index in [2.05, 4.69) is 10.9 Å². The molecule has 2 heterocycles. The largest absolute Gasteiger partial charge is 0.485 e. The van der Waals surface area contributed by atoms with Crippen LogP contribution in [0.2, 0.25) is 0 Å². The molecule has 128 valence electrons. The molecule has 2 amide bonds. The number of nitrogens with one attached hydrogen (secondary N) is 2. The summed E-state index contributed by atoms with van der Waals surface area (Å²) >= 11 is 0. The van der Waals surface area contributed by atoms with E-state index in [4.69, 9.17) is 14.2 Å². The van der Waals surface area contributed by atoms with Gasteiger partial charge < -0.3 is 14.2 Å². The minimum atomic E-state index is -0.836. The van der Waals surface area contributed by atoms with Gasteiger partial charge in [0.2, 0.25) is 6.10 Å². The van der Waals surface area contributed by atoms with E-state index in [0.717, 1.165) is 5.56 Å². The lowest BCUT2D eigenvalue weighted by molar-refractivity contribution is -0.137. The molecule has 2 aromatic rings. The first-order valence-electron chi connectivity index (χ1n) is 7.93. The predicted molar refractivity (Wildman–Crippen MR) is 87.2 cm³/mol. The number of rotatable bonds is 2. The molecule has 0 aliphatic carbocycles. The van der Waals surface area contributed by atoms with Gasteiger partial charge in [-0.2, -0.15) is 0 Å². The summed E-state index contributed by atoms with van der Waals surface area (Å²) < 4.78 is 16.6. The van der Waals surface area contributed by atoms with Crippen molar-refractivity contribution < 1.29 is 23.8 Å². The summed E-state index contributed by atoms with van der Waals surface area (Å²) in [6.45, 7) is 0.0735. The van der Waals surface area contributed by atoms with Gasteiger partial charge in [-0.3, -0.25) is 20.4 Å². The highest BCUT2D eigenvalue weighted by Gasteiger charge is 2.31. The summed E-state index contributed by atoms with van der Waals surface area (Å²) in [5, 5.41) is 0. The van der Waals surface area contributed by atoms with E-state index in [1.165, 1.54) is 0 Å². The summed E-state index contributed by atoms with van der Waals surface area (Å²) in [4.78, 5) is 24.4. The molecule has 2 aromatic carbocycles. The molecule has 4 rings (SSSR count). The van der Waals surface area contributed by atoms with Crippen LogP contribution in [0, 0.1) is 0 Å². The number of carbonyl (C=O) groups excluding carboxylic acids is 2. The van der Waals surface area contributed by atoms with Crippen LogP contribution in [0.1, 0.15) is 5.56 Å². The standard InChI is InChI=1S/C18H16N2O5/c21-17(15-9-11-5-1-2-6-12(11)24-15)19-20-18(22)16-10-23-13-7-3-4-8-14(13)25-16/h1-8,15-16H,9-10H2,(H,19,21)(H,20,22)/t15-,16+/m0/s1. The SMILES string of the molecule is O=C(NNC(=O)[C@H]1COc2ccccc2O1)[C@@H]1Cc2ccccc2O1. The summed E-state index contributed by atoms with van der Waals surface area (Å²) in [5.41, 5.74) is 5.71. The van der Waals surface area contributed by atoms with Crippen molar-refractivity contribution in [3.63, 3.8) is 0 Å². The molecule has 0 saturated heterocycles. The molecule has 7 nitrogen and oxygen atoms in total. The van der Waals surface area contributed by atoms with Crippen molar-refractivity contribution in [3.05, 3.63) is 54.1 Å². The van der Waals surface area contributed by atoms with Crippen LogP contribution in [0.5, 0.6) is 17.2 Å². The monoisotopic (exact) mass is 340 g/mol. The van der Waals surface area contributed by atoms with Gasteiger partial charge in [0.05, 0.1) is 0 Å². The molecule has 0 fully saturated rings. The lowest BCUT2D eigenvalue weighted by atomic mass is 10.1. The normalized spacial score (nSPS) is 20.2. The minimum Gasteiger partial charge on any atom is -0.485 e. The van der Waals surface area contributed by atoms with Gasteiger partial charge in [0, 0.05) is 6.42 Å². The van der Waals surface area contributed by atoms with E-state index < -0.39 is 24.0 Å². The van der Waals surface area contributed by atoms with Gasteiger partial charge in [0.1, 0.15) is 12.4 Å². The minimum absolute atomic E-state index is 0.0735. The Morgan fingerprint density at radius 3 is 2.16 bits per heavy atom. The molecule has 2 atom stereocenters.